The number of thiophene rings is 1. The fourth-order valence-electron chi connectivity index (χ4n) is 1.42. The number of nitrogens with one attached hydrogen (secondary N) is 1. The van der Waals surface area contributed by atoms with Crippen LogP contribution in [0.4, 0.5) is 4.79 Å². The lowest BCUT2D eigenvalue weighted by molar-refractivity contribution is -0.129. The molecule has 1 saturated heterocycles. The summed E-state index contributed by atoms with van der Waals surface area (Å²) in [5, 5.41) is 2.10. The Bertz CT molecular complexity index is 545. The Kier molecular flexibility index (Phi) is 2.81. The summed E-state index contributed by atoms with van der Waals surface area (Å²) in [5.41, 5.74) is -0.0195. The summed E-state index contributed by atoms with van der Waals surface area (Å²) >= 11 is 1.48. The van der Waals surface area contributed by atoms with Gasteiger partial charge in [-0.3, -0.25) is 19.8 Å². The Balaban J connectivity index is 2.37. The second kappa shape index (κ2) is 4.14. The van der Waals surface area contributed by atoms with Gasteiger partial charge in [-0.1, -0.05) is 0 Å². The number of imide groups is 2. The second-order valence-corrected chi connectivity index (χ2v) is 4.95. The zero-order valence-electron chi connectivity index (χ0n) is 9.31. The molecule has 0 unspecified atom stereocenters. The van der Waals surface area contributed by atoms with Gasteiger partial charge in [0.1, 0.15) is 5.57 Å². The molecule has 17 heavy (non-hydrogen) atoms. The molecule has 0 bridgehead atoms. The van der Waals surface area contributed by atoms with Gasteiger partial charge in [0.05, 0.1) is 0 Å². The number of rotatable bonds is 1. The van der Waals surface area contributed by atoms with E-state index in [1.807, 2.05) is 19.1 Å². The van der Waals surface area contributed by atoms with Gasteiger partial charge in [-0.25, -0.2) is 4.79 Å². The molecule has 2 heterocycles. The van der Waals surface area contributed by atoms with E-state index in [-0.39, 0.29) is 5.57 Å². The summed E-state index contributed by atoms with van der Waals surface area (Å²) in [5.74, 6) is -1.23. The molecule has 4 amide bonds. The van der Waals surface area contributed by atoms with Crippen LogP contribution in [0.15, 0.2) is 17.7 Å². The number of nitrogens with zero attached hydrogens (tertiary/aromatic N) is 1. The maximum Gasteiger partial charge on any atom is 0.331 e. The van der Waals surface area contributed by atoms with Gasteiger partial charge in [0.15, 0.2) is 0 Å². The number of likely N-dealkylation sites (N-methyl/N-ethyl adjacent to an activating group) is 1. The van der Waals surface area contributed by atoms with Crippen LogP contribution in [-0.4, -0.2) is 29.8 Å². The summed E-state index contributed by atoms with van der Waals surface area (Å²) < 4.78 is 0. The van der Waals surface area contributed by atoms with E-state index >= 15 is 0 Å². The zero-order valence-corrected chi connectivity index (χ0v) is 10.1. The van der Waals surface area contributed by atoms with Crippen LogP contribution in [-0.2, 0) is 9.59 Å². The molecule has 1 fully saturated rings. The third-order valence-corrected chi connectivity index (χ3v) is 3.30. The number of hydrogen-bond acceptors (Lipinski definition) is 4. The molecule has 0 atom stereocenters. The van der Waals surface area contributed by atoms with Crippen molar-refractivity contribution >= 4 is 35.3 Å². The minimum Gasteiger partial charge on any atom is -0.273 e. The SMILES string of the molecule is Cc1ccc(C=C2C(=O)NC(=O)N(C)C2=O)s1. The first kappa shape index (κ1) is 11.5. The van der Waals surface area contributed by atoms with E-state index in [9.17, 15) is 14.4 Å². The molecule has 0 radical (unpaired) electrons. The molecular formula is C11H10N2O3S. The van der Waals surface area contributed by atoms with E-state index in [1.54, 1.807) is 0 Å². The van der Waals surface area contributed by atoms with Gasteiger partial charge in [0, 0.05) is 16.8 Å². The standard InChI is InChI=1S/C11H10N2O3S/c1-6-3-4-7(17-6)5-8-9(14)12-11(16)13(2)10(8)15/h3-5H,1-2H3,(H,12,14,16). The van der Waals surface area contributed by atoms with E-state index in [4.69, 9.17) is 0 Å². The van der Waals surface area contributed by atoms with Crippen molar-refractivity contribution in [2.24, 2.45) is 0 Å². The zero-order chi connectivity index (χ0) is 12.6. The van der Waals surface area contributed by atoms with E-state index in [0.717, 1.165) is 14.7 Å². The molecule has 2 rings (SSSR count). The average molecular weight is 250 g/mol. The highest BCUT2D eigenvalue weighted by atomic mass is 32.1. The molecule has 0 saturated carbocycles. The Morgan fingerprint density at radius 3 is 2.59 bits per heavy atom. The van der Waals surface area contributed by atoms with Crippen LogP contribution in [0.1, 0.15) is 9.75 Å². The molecule has 0 aliphatic carbocycles. The van der Waals surface area contributed by atoms with Crippen LogP contribution in [0, 0.1) is 6.92 Å². The van der Waals surface area contributed by atoms with Gasteiger partial charge >= 0.3 is 6.03 Å². The van der Waals surface area contributed by atoms with Crippen LogP contribution in [0.25, 0.3) is 6.08 Å². The summed E-state index contributed by atoms with van der Waals surface area (Å²) in [4.78, 5) is 37.2. The van der Waals surface area contributed by atoms with Crippen molar-refractivity contribution in [1.29, 1.82) is 0 Å². The van der Waals surface area contributed by atoms with Gasteiger partial charge in [0.25, 0.3) is 11.8 Å². The van der Waals surface area contributed by atoms with Crippen LogP contribution < -0.4 is 5.32 Å². The molecule has 5 nitrogen and oxygen atoms in total. The monoisotopic (exact) mass is 250 g/mol. The fraction of sp³-hybridized carbons (Fsp3) is 0.182. The summed E-state index contributed by atoms with van der Waals surface area (Å²) in [6.07, 6.45) is 1.50. The van der Waals surface area contributed by atoms with Gasteiger partial charge in [-0.15, -0.1) is 11.3 Å². The predicted octanol–water partition coefficient (Wildman–Crippen LogP) is 1.15. The average Bonchev–Trinajstić information content (AvgIpc) is 2.67. The smallest absolute Gasteiger partial charge is 0.273 e. The Morgan fingerprint density at radius 2 is 2.00 bits per heavy atom. The maximum atomic E-state index is 11.7. The highest BCUT2D eigenvalue weighted by Crippen LogP contribution is 2.20. The molecule has 88 valence electrons. The van der Waals surface area contributed by atoms with E-state index in [2.05, 4.69) is 5.32 Å². The van der Waals surface area contributed by atoms with Gasteiger partial charge < -0.3 is 0 Å². The quantitative estimate of drug-likeness (QED) is 0.600. The minimum absolute atomic E-state index is 0.0195. The lowest BCUT2D eigenvalue weighted by Crippen LogP contribution is -2.52. The molecule has 1 N–H and O–H groups in total. The molecule has 1 aliphatic heterocycles. The second-order valence-electron chi connectivity index (χ2n) is 3.63. The third kappa shape index (κ3) is 2.12. The molecule has 6 heteroatoms. The molecule has 1 aromatic heterocycles. The lowest BCUT2D eigenvalue weighted by atomic mass is 10.1. The molecule has 1 aromatic rings. The fourth-order valence-corrected chi connectivity index (χ4v) is 2.24. The highest BCUT2D eigenvalue weighted by molar-refractivity contribution is 7.12. The molecular weight excluding hydrogens is 240 g/mol. The number of hydrogen-bond donors (Lipinski definition) is 1. The maximum absolute atomic E-state index is 11.7. The van der Waals surface area contributed by atoms with Crippen molar-refractivity contribution in [2.75, 3.05) is 7.05 Å². The van der Waals surface area contributed by atoms with Crippen LogP contribution >= 0.6 is 11.3 Å². The predicted molar refractivity (Wildman–Crippen MR) is 63.3 cm³/mol. The van der Waals surface area contributed by atoms with Crippen LogP contribution in [0.5, 0.6) is 0 Å². The topological polar surface area (TPSA) is 66.5 Å². The Morgan fingerprint density at radius 1 is 1.29 bits per heavy atom. The van der Waals surface area contributed by atoms with Crippen molar-refractivity contribution in [2.45, 2.75) is 6.92 Å². The van der Waals surface area contributed by atoms with Crippen molar-refractivity contribution in [1.82, 2.24) is 10.2 Å². The number of amides is 4. The van der Waals surface area contributed by atoms with Gasteiger partial charge in [0.2, 0.25) is 0 Å². The summed E-state index contributed by atoms with van der Waals surface area (Å²) in [6.45, 7) is 1.94. The first-order valence-corrected chi connectivity index (χ1v) is 5.72. The number of aryl methyl sites for hydroxylation is 1. The summed E-state index contributed by atoms with van der Waals surface area (Å²) in [7, 11) is 1.33. The van der Waals surface area contributed by atoms with Gasteiger partial charge in [-0.05, 0) is 25.1 Å². The summed E-state index contributed by atoms with van der Waals surface area (Å²) in [6, 6.07) is 3.03. The largest absolute Gasteiger partial charge is 0.331 e. The normalized spacial score (nSPS) is 18.8. The Labute approximate surface area is 102 Å². The minimum atomic E-state index is -0.695. The molecule has 1 aliphatic rings. The number of carbonyl (C=O) groups is 3. The van der Waals surface area contributed by atoms with E-state index < -0.39 is 17.8 Å². The number of urea groups is 1. The highest BCUT2D eigenvalue weighted by Gasteiger charge is 2.32. The van der Waals surface area contributed by atoms with Crippen molar-refractivity contribution in [3.05, 3.63) is 27.5 Å². The molecule has 0 spiro atoms. The van der Waals surface area contributed by atoms with Crippen molar-refractivity contribution in [3.63, 3.8) is 0 Å². The van der Waals surface area contributed by atoms with Gasteiger partial charge in [-0.2, -0.15) is 0 Å². The van der Waals surface area contributed by atoms with E-state index in [1.165, 1.54) is 24.5 Å². The first-order valence-electron chi connectivity index (χ1n) is 4.90. The molecule has 0 aromatic carbocycles. The number of barbiturate groups is 1. The third-order valence-electron chi connectivity index (χ3n) is 2.35. The van der Waals surface area contributed by atoms with Crippen LogP contribution in [0.2, 0.25) is 0 Å². The number of carbonyl (C=O) groups excluding carboxylic acids is 3. The van der Waals surface area contributed by atoms with E-state index in [0.29, 0.717) is 0 Å². The van der Waals surface area contributed by atoms with Crippen LogP contribution in [0.3, 0.4) is 0 Å². The first-order chi connectivity index (χ1) is 7.99. The lowest BCUT2D eigenvalue weighted by Gasteiger charge is -2.22. The van der Waals surface area contributed by atoms with Crippen molar-refractivity contribution in [3.8, 4) is 0 Å². The Hall–Kier alpha value is -1.95. The van der Waals surface area contributed by atoms with Crippen molar-refractivity contribution < 1.29 is 14.4 Å².